The summed E-state index contributed by atoms with van der Waals surface area (Å²) in [5, 5.41) is 7.10. The van der Waals surface area contributed by atoms with Gasteiger partial charge in [0.05, 0.1) is 0 Å². The van der Waals surface area contributed by atoms with E-state index in [2.05, 4.69) is 53.1 Å². The third kappa shape index (κ3) is 6.54. The number of hydrogen-bond donors (Lipinski definition) is 2. The Kier molecular flexibility index (Phi) is 7.54. The molecule has 2 atom stereocenters. The van der Waals surface area contributed by atoms with Gasteiger partial charge in [-0.25, -0.2) is 0 Å². The smallest absolute Gasteiger partial charge is 0.191 e. The Morgan fingerprint density at radius 2 is 2.17 bits per heavy atom. The molecule has 2 aliphatic rings. The number of piperidine rings is 1. The summed E-state index contributed by atoms with van der Waals surface area (Å²) < 4.78 is 0.385. The molecule has 5 heteroatoms. The number of rotatable bonds is 6. The summed E-state index contributed by atoms with van der Waals surface area (Å²) in [6, 6.07) is 0. The highest BCUT2D eigenvalue weighted by molar-refractivity contribution is 8.00. The van der Waals surface area contributed by atoms with Crippen LogP contribution in [0.4, 0.5) is 0 Å². The maximum atomic E-state index is 4.40. The summed E-state index contributed by atoms with van der Waals surface area (Å²) >= 11 is 2.10. The van der Waals surface area contributed by atoms with E-state index in [9.17, 15) is 0 Å². The second-order valence-electron chi connectivity index (χ2n) is 7.87. The fourth-order valence-electron chi connectivity index (χ4n) is 3.71. The van der Waals surface area contributed by atoms with E-state index < -0.39 is 0 Å². The Balaban J connectivity index is 1.70. The van der Waals surface area contributed by atoms with Gasteiger partial charge in [-0.1, -0.05) is 13.8 Å². The van der Waals surface area contributed by atoms with Crippen molar-refractivity contribution < 1.29 is 0 Å². The van der Waals surface area contributed by atoms with Gasteiger partial charge in [0.25, 0.3) is 0 Å². The highest BCUT2D eigenvalue weighted by Crippen LogP contribution is 2.36. The van der Waals surface area contributed by atoms with E-state index >= 15 is 0 Å². The first kappa shape index (κ1) is 18.9. The molecule has 0 spiro atoms. The van der Waals surface area contributed by atoms with Gasteiger partial charge in [-0.2, -0.15) is 11.8 Å². The van der Waals surface area contributed by atoms with Crippen LogP contribution < -0.4 is 10.6 Å². The molecule has 2 heterocycles. The van der Waals surface area contributed by atoms with Gasteiger partial charge in [0.2, 0.25) is 0 Å². The lowest BCUT2D eigenvalue weighted by atomic mass is 9.97. The Morgan fingerprint density at radius 3 is 2.83 bits per heavy atom. The van der Waals surface area contributed by atoms with E-state index in [4.69, 9.17) is 0 Å². The minimum absolute atomic E-state index is 0.385. The van der Waals surface area contributed by atoms with E-state index in [0.717, 1.165) is 30.9 Å². The molecule has 0 bridgehead atoms. The van der Waals surface area contributed by atoms with Gasteiger partial charge >= 0.3 is 0 Å². The van der Waals surface area contributed by atoms with Crippen molar-refractivity contribution >= 4 is 17.7 Å². The van der Waals surface area contributed by atoms with Crippen molar-refractivity contribution in [2.24, 2.45) is 16.8 Å². The van der Waals surface area contributed by atoms with Gasteiger partial charge in [-0.05, 0) is 56.7 Å². The number of guanidine groups is 1. The fourth-order valence-corrected chi connectivity index (χ4v) is 4.95. The molecular weight excluding hydrogens is 304 g/mol. The van der Waals surface area contributed by atoms with Crippen molar-refractivity contribution in [3.63, 3.8) is 0 Å². The number of aliphatic imine (C=N–C) groups is 1. The highest BCUT2D eigenvalue weighted by Gasteiger charge is 2.29. The van der Waals surface area contributed by atoms with Gasteiger partial charge in [0.1, 0.15) is 0 Å². The topological polar surface area (TPSA) is 39.7 Å². The molecule has 0 aromatic rings. The molecule has 2 aliphatic heterocycles. The van der Waals surface area contributed by atoms with Crippen LogP contribution in [0.15, 0.2) is 4.99 Å². The minimum Gasteiger partial charge on any atom is -0.356 e. The lowest BCUT2D eigenvalue weighted by molar-refractivity contribution is 0.159. The third-order valence-corrected chi connectivity index (χ3v) is 6.48. The van der Waals surface area contributed by atoms with Crippen LogP contribution in [0.2, 0.25) is 0 Å². The van der Waals surface area contributed by atoms with Gasteiger partial charge < -0.3 is 15.5 Å². The number of nitrogens with one attached hydrogen (secondary N) is 2. The van der Waals surface area contributed by atoms with Crippen LogP contribution in [-0.2, 0) is 0 Å². The van der Waals surface area contributed by atoms with Gasteiger partial charge in [0, 0.05) is 38.0 Å². The van der Waals surface area contributed by atoms with Crippen LogP contribution in [0.1, 0.15) is 46.5 Å². The molecule has 2 rings (SSSR count). The molecule has 2 fully saturated rings. The lowest BCUT2D eigenvalue weighted by Gasteiger charge is -2.34. The van der Waals surface area contributed by atoms with E-state index in [0.29, 0.717) is 4.75 Å². The molecule has 0 aliphatic carbocycles. The largest absolute Gasteiger partial charge is 0.356 e. The van der Waals surface area contributed by atoms with Gasteiger partial charge in [-0.15, -0.1) is 0 Å². The number of likely N-dealkylation sites (tertiary alicyclic amines) is 1. The number of thioether (sulfide) groups is 1. The highest BCUT2D eigenvalue weighted by atomic mass is 32.2. The van der Waals surface area contributed by atoms with Gasteiger partial charge in [-0.3, -0.25) is 4.99 Å². The Hall–Kier alpha value is -0.420. The van der Waals surface area contributed by atoms with Crippen molar-refractivity contribution in [3.8, 4) is 0 Å². The Bertz CT molecular complexity index is 377. The summed E-state index contributed by atoms with van der Waals surface area (Å²) in [6.45, 7) is 12.8. The molecule has 0 radical (unpaired) electrons. The van der Waals surface area contributed by atoms with Crippen LogP contribution >= 0.6 is 11.8 Å². The lowest BCUT2D eigenvalue weighted by Crippen LogP contribution is -2.47. The fraction of sp³-hybridized carbons (Fsp3) is 0.944. The molecule has 4 nitrogen and oxygen atoms in total. The van der Waals surface area contributed by atoms with Crippen LogP contribution in [0.5, 0.6) is 0 Å². The zero-order chi connectivity index (χ0) is 16.7. The minimum atomic E-state index is 0.385. The second kappa shape index (κ2) is 9.16. The van der Waals surface area contributed by atoms with Crippen molar-refractivity contribution in [1.29, 1.82) is 0 Å². The average molecular weight is 341 g/mol. The van der Waals surface area contributed by atoms with E-state index in [-0.39, 0.29) is 0 Å². The van der Waals surface area contributed by atoms with Crippen LogP contribution in [0, 0.1) is 11.8 Å². The first-order chi connectivity index (χ1) is 11.0. The first-order valence-corrected chi connectivity index (χ1v) is 10.3. The zero-order valence-corrected chi connectivity index (χ0v) is 16.3. The molecule has 2 unspecified atom stereocenters. The molecule has 0 amide bonds. The van der Waals surface area contributed by atoms with Crippen molar-refractivity contribution in [1.82, 2.24) is 15.5 Å². The SMILES string of the molecule is CN=C(NCC1CCCN(CC(C)C)C1)NCC1(C)CCCS1. The predicted octanol–water partition coefficient (Wildman–Crippen LogP) is 2.81. The first-order valence-electron chi connectivity index (χ1n) is 9.31. The number of hydrogen-bond acceptors (Lipinski definition) is 3. The van der Waals surface area contributed by atoms with Crippen molar-refractivity contribution in [3.05, 3.63) is 0 Å². The number of nitrogens with zero attached hydrogens (tertiary/aromatic N) is 2. The summed E-state index contributed by atoms with van der Waals surface area (Å²) in [5.74, 6) is 3.79. The maximum Gasteiger partial charge on any atom is 0.191 e. The van der Waals surface area contributed by atoms with E-state index in [1.807, 2.05) is 7.05 Å². The average Bonchev–Trinajstić information content (AvgIpc) is 2.94. The second-order valence-corrected chi connectivity index (χ2v) is 9.55. The summed E-state index contributed by atoms with van der Waals surface area (Å²) in [6.07, 6.45) is 5.34. The Labute approximate surface area is 147 Å². The summed E-state index contributed by atoms with van der Waals surface area (Å²) in [5.41, 5.74) is 0. The molecule has 2 N–H and O–H groups in total. The molecular formula is C18H36N4S. The molecule has 0 aromatic heterocycles. The standard InChI is InChI=1S/C18H36N4S/c1-15(2)12-22-9-5-7-16(13-22)11-20-17(19-4)21-14-18(3)8-6-10-23-18/h15-16H,5-14H2,1-4H3,(H2,19,20,21). The predicted molar refractivity (Wildman–Crippen MR) is 103 cm³/mol. The third-order valence-electron chi connectivity index (χ3n) is 4.94. The quantitative estimate of drug-likeness (QED) is 0.576. The van der Waals surface area contributed by atoms with Gasteiger partial charge in [0.15, 0.2) is 5.96 Å². The molecule has 0 aromatic carbocycles. The summed E-state index contributed by atoms with van der Waals surface area (Å²) in [4.78, 5) is 7.04. The van der Waals surface area contributed by atoms with E-state index in [1.165, 1.54) is 51.1 Å². The van der Waals surface area contributed by atoms with Crippen LogP contribution in [0.25, 0.3) is 0 Å². The molecule has 0 saturated carbocycles. The molecule has 23 heavy (non-hydrogen) atoms. The van der Waals surface area contributed by atoms with E-state index in [1.54, 1.807) is 0 Å². The van der Waals surface area contributed by atoms with Crippen LogP contribution in [0.3, 0.4) is 0 Å². The monoisotopic (exact) mass is 340 g/mol. The zero-order valence-electron chi connectivity index (χ0n) is 15.5. The van der Waals surface area contributed by atoms with Crippen LogP contribution in [-0.4, -0.2) is 61.1 Å². The normalized spacial score (nSPS) is 30.0. The maximum absolute atomic E-state index is 4.40. The van der Waals surface area contributed by atoms with Crippen molar-refractivity contribution in [2.75, 3.05) is 45.5 Å². The van der Waals surface area contributed by atoms with Crippen molar-refractivity contribution in [2.45, 2.75) is 51.2 Å². The molecule has 2 saturated heterocycles. The Morgan fingerprint density at radius 1 is 1.35 bits per heavy atom. The summed E-state index contributed by atoms with van der Waals surface area (Å²) in [7, 11) is 1.88. The molecule has 134 valence electrons.